The largest absolute Gasteiger partial charge is 0.300 e. The number of carbonyl (C=O) groups is 1. The zero-order valence-corrected chi connectivity index (χ0v) is 17.9. The smallest absolute Gasteiger partial charge is 0.129 e. The van der Waals surface area contributed by atoms with Crippen molar-refractivity contribution >= 4 is 5.78 Å². The van der Waals surface area contributed by atoms with E-state index in [0.717, 1.165) is 12.8 Å². The van der Waals surface area contributed by atoms with Gasteiger partial charge in [0.15, 0.2) is 0 Å². The molecule has 0 saturated heterocycles. The second-order valence-electron chi connectivity index (χ2n) is 7.48. The fourth-order valence-electron chi connectivity index (χ4n) is 2.93. The summed E-state index contributed by atoms with van der Waals surface area (Å²) in [5.41, 5.74) is 0. The van der Waals surface area contributed by atoms with E-state index in [1.807, 2.05) is 6.08 Å². The van der Waals surface area contributed by atoms with Crippen LogP contribution in [0.25, 0.3) is 0 Å². The van der Waals surface area contributed by atoms with E-state index in [-0.39, 0.29) is 0 Å². The minimum absolute atomic E-state index is 0.339. The number of hydrogen-bond acceptors (Lipinski definition) is 1. The number of carbonyl (C=O) groups excluding carboxylic acids is 1. The van der Waals surface area contributed by atoms with Crippen molar-refractivity contribution in [2.45, 2.75) is 136 Å². The standard InChI is InChI=1S/C12H24O.C12H24/c1-3-4-5-6-7-8-9-10-11-12(2)13;1-3-5-7-9-11-12-10-8-6-4-2/h3-11H2,1-2H3;3H,1,4-12H2,2H3. The first-order chi connectivity index (χ1) is 12.2. The summed E-state index contributed by atoms with van der Waals surface area (Å²) in [5.74, 6) is 0.339. The van der Waals surface area contributed by atoms with E-state index in [1.165, 1.54) is 103 Å². The molecule has 25 heavy (non-hydrogen) atoms. The first kappa shape index (κ1) is 26.6. The van der Waals surface area contributed by atoms with Crippen LogP contribution in [0.15, 0.2) is 12.7 Å². The Bertz CT molecular complexity index is 257. The van der Waals surface area contributed by atoms with E-state index >= 15 is 0 Å². The Kier molecular flexibility index (Phi) is 27.3. The first-order valence-corrected chi connectivity index (χ1v) is 11.3. The molecule has 1 heteroatoms. The molecule has 0 saturated carbocycles. The summed E-state index contributed by atoms with van der Waals surface area (Å²) in [6, 6.07) is 0. The van der Waals surface area contributed by atoms with Crippen molar-refractivity contribution in [3.8, 4) is 0 Å². The van der Waals surface area contributed by atoms with Crippen LogP contribution in [-0.2, 0) is 4.79 Å². The summed E-state index contributed by atoms with van der Waals surface area (Å²) in [5, 5.41) is 0. The summed E-state index contributed by atoms with van der Waals surface area (Å²) >= 11 is 0. The van der Waals surface area contributed by atoms with Crippen LogP contribution in [0.4, 0.5) is 0 Å². The molecule has 0 rings (SSSR count). The Hall–Kier alpha value is -0.590. The molecule has 0 aliphatic heterocycles. The quantitative estimate of drug-likeness (QED) is 0.178. The van der Waals surface area contributed by atoms with Crippen molar-refractivity contribution < 1.29 is 4.79 Å². The lowest BCUT2D eigenvalue weighted by Gasteiger charge is -1.99. The SMILES string of the molecule is C=CCCCCCCCCCC.CCCCCCCCCCC(C)=O. The summed E-state index contributed by atoms with van der Waals surface area (Å²) in [4.78, 5) is 10.6. The summed E-state index contributed by atoms with van der Waals surface area (Å²) in [6.07, 6.45) is 25.8. The van der Waals surface area contributed by atoms with Gasteiger partial charge in [0.05, 0.1) is 0 Å². The maximum Gasteiger partial charge on any atom is 0.129 e. The molecule has 0 aromatic heterocycles. The van der Waals surface area contributed by atoms with Gasteiger partial charge in [-0.15, -0.1) is 6.58 Å². The molecule has 0 fully saturated rings. The van der Waals surface area contributed by atoms with Crippen LogP contribution >= 0.6 is 0 Å². The molecule has 0 spiro atoms. The third kappa shape index (κ3) is 31.7. The van der Waals surface area contributed by atoms with E-state index < -0.39 is 0 Å². The van der Waals surface area contributed by atoms with Crippen LogP contribution in [0.5, 0.6) is 0 Å². The summed E-state index contributed by atoms with van der Waals surface area (Å²) < 4.78 is 0. The molecule has 0 N–H and O–H groups in total. The predicted molar refractivity (Wildman–Crippen MR) is 115 cm³/mol. The van der Waals surface area contributed by atoms with Crippen LogP contribution in [-0.4, -0.2) is 5.78 Å². The molecule has 0 aliphatic carbocycles. The highest BCUT2D eigenvalue weighted by atomic mass is 16.1. The molecule has 1 nitrogen and oxygen atoms in total. The highest BCUT2D eigenvalue weighted by Crippen LogP contribution is 2.10. The minimum atomic E-state index is 0.339. The fourth-order valence-corrected chi connectivity index (χ4v) is 2.93. The number of ketones is 1. The molecule has 0 amide bonds. The lowest BCUT2D eigenvalue weighted by atomic mass is 10.1. The highest BCUT2D eigenvalue weighted by Gasteiger charge is 1.94. The zero-order valence-electron chi connectivity index (χ0n) is 17.9. The molecule has 150 valence electrons. The van der Waals surface area contributed by atoms with Gasteiger partial charge in [0, 0.05) is 6.42 Å². The van der Waals surface area contributed by atoms with Gasteiger partial charge >= 0.3 is 0 Å². The number of Topliss-reactive ketones (excluding diaryl/α,β-unsaturated/α-hetero) is 1. The van der Waals surface area contributed by atoms with Crippen LogP contribution < -0.4 is 0 Å². The number of unbranched alkanes of at least 4 members (excludes halogenated alkanes) is 15. The van der Waals surface area contributed by atoms with Crippen molar-refractivity contribution in [3.63, 3.8) is 0 Å². The van der Waals surface area contributed by atoms with E-state index in [9.17, 15) is 4.79 Å². The molecule has 0 radical (unpaired) electrons. The molecular weight excluding hydrogens is 304 g/mol. The Morgan fingerprint density at radius 1 is 0.640 bits per heavy atom. The van der Waals surface area contributed by atoms with Gasteiger partial charge < -0.3 is 4.79 Å². The fraction of sp³-hybridized carbons (Fsp3) is 0.875. The molecule has 0 aromatic rings. The second kappa shape index (κ2) is 25.6. The zero-order chi connectivity index (χ0) is 19.0. The van der Waals surface area contributed by atoms with Crippen LogP contribution in [0.3, 0.4) is 0 Å². The third-order valence-corrected chi connectivity index (χ3v) is 4.64. The molecule has 0 aromatic carbocycles. The Morgan fingerprint density at radius 2 is 1.00 bits per heavy atom. The number of hydrogen-bond donors (Lipinski definition) is 0. The molecule has 0 atom stereocenters. The highest BCUT2D eigenvalue weighted by molar-refractivity contribution is 5.75. The monoisotopic (exact) mass is 352 g/mol. The van der Waals surface area contributed by atoms with Crippen LogP contribution in [0, 0.1) is 0 Å². The van der Waals surface area contributed by atoms with E-state index in [1.54, 1.807) is 6.92 Å². The number of rotatable bonds is 18. The van der Waals surface area contributed by atoms with E-state index in [4.69, 9.17) is 0 Å². The van der Waals surface area contributed by atoms with Gasteiger partial charge in [-0.3, -0.25) is 0 Å². The second-order valence-corrected chi connectivity index (χ2v) is 7.48. The number of allylic oxidation sites excluding steroid dienone is 1. The Morgan fingerprint density at radius 3 is 1.36 bits per heavy atom. The van der Waals surface area contributed by atoms with Gasteiger partial charge in [-0.25, -0.2) is 0 Å². The van der Waals surface area contributed by atoms with Gasteiger partial charge in [0.25, 0.3) is 0 Å². The van der Waals surface area contributed by atoms with Gasteiger partial charge in [-0.05, 0) is 26.2 Å². The average Bonchev–Trinajstić information content (AvgIpc) is 2.60. The average molecular weight is 353 g/mol. The Labute approximate surface area is 160 Å². The van der Waals surface area contributed by atoms with Gasteiger partial charge in [0.2, 0.25) is 0 Å². The summed E-state index contributed by atoms with van der Waals surface area (Å²) in [7, 11) is 0. The van der Waals surface area contributed by atoms with Gasteiger partial charge in [0.1, 0.15) is 5.78 Å². The molecule has 0 heterocycles. The van der Waals surface area contributed by atoms with Gasteiger partial charge in [-0.1, -0.05) is 110 Å². The maximum atomic E-state index is 10.6. The molecule has 0 bridgehead atoms. The van der Waals surface area contributed by atoms with Crippen LogP contribution in [0.2, 0.25) is 0 Å². The minimum Gasteiger partial charge on any atom is -0.300 e. The van der Waals surface area contributed by atoms with E-state index in [2.05, 4.69) is 20.4 Å². The Balaban J connectivity index is 0. The first-order valence-electron chi connectivity index (χ1n) is 11.3. The normalized spacial score (nSPS) is 10.2. The third-order valence-electron chi connectivity index (χ3n) is 4.64. The summed E-state index contributed by atoms with van der Waals surface area (Å²) in [6.45, 7) is 9.91. The van der Waals surface area contributed by atoms with Crippen LogP contribution in [0.1, 0.15) is 136 Å². The molecular formula is C24H48O. The van der Waals surface area contributed by atoms with Gasteiger partial charge in [-0.2, -0.15) is 0 Å². The van der Waals surface area contributed by atoms with Crippen molar-refractivity contribution in [3.05, 3.63) is 12.7 Å². The van der Waals surface area contributed by atoms with Crippen molar-refractivity contribution in [2.24, 2.45) is 0 Å². The van der Waals surface area contributed by atoms with Crippen molar-refractivity contribution in [2.75, 3.05) is 0 Å². The van der Waals surface area contributed by atoms with E-state index in [0.29, 0.717) is 5.78 Å². The predicted octanol–water partition coefficient (Wildman–Crippen LogP) is 8.81. The van der Waals surface area contributed by atoms with Crippen molar-refractivity contribution in [1.82, 2.24) is 0 Å². The topological polar surface area (TPSA) is 17.1 Å². The lowest BCUT2D eigenvalue weighted by Crippen LogP contribution is -1.89. The lowest BCUT2D eigenvalue weighted by molar-refractivity contribution is -0.117. The van der Waals surface area contributed by atoms with Crippen molar-refractivity contribution in [1.29, 1.82) is 0 Å². The molecule has 0 aliphatic rings. The maximum absolute atomic E-state index is 10.6. The molecule has 0 unspecified atom stereocenters.